The first-order chi connectivity index (χ1) is 10.1. The highest BCUT2D eigenvalue weighted by molar-refractivity contribution is 6.31. The molecular formula is C14H15ClN4O2. The van der Waals surface area contributed by atoms with Crippen molar-refractivity contribution in [1.29, 1.82) is 0 Å². The average molecular weight is 307 g/mol. The maximum atomic E-state index is 12.1. The van der Waals surface area contributed by atoms with Gasteiger partial charge in [-0.3, -0.25) is 4.79 Å². The van der Waals surface area contributed by atoms with Crippen molar-refractivity contribution in [3.05, 3.63) is 40.5 Å². The van der Waals surface area contributed by atoms with Crippen molar-refractivity contribution in [3.8, 4) is 0 Å². The summed E-state index contributed by atoms with van der Waals surface area (Å²) in [4.78, 5) is 16.3. The van der Waals surface area contributed by atoms with E-state index >= 15 is 0 Å². The van der Waals surface area contributed by atoms with Crippen molar-refractivity contribution >= 4 is 23.2 Å². The highest BCUT2D eigenvalue weighted by atomic mass is 35.5. The summed E-state index contributed by atoms with van der Waals surface area (Å²) in [6, 6.07) is 5.37. The van der Waals surface area contributed by atoms with Crippen LogP contribution in [0.5, 0.6) is 0 Å². The standard InChI is InChI=1S/C14H15ClN4O2/c1-8-9(15)4-2-5-10(8)17-13(20)12-18-14(21-19-12)11-6-3-7-16-11/h2,4-5,11,16H,3,6-7H2,1H3,(H,17,20). The lowest BCUT2D eigenvalue weighted by Gasteiger charge is -2.07. The molecule has 1 amide bonds. The van der Waals surface area contributed by atoms with Gasteiger partial charge in [-0.1, -0.05) is 22.8 Å². The Morgan fingerprint density at radius 1 is 1.52 bits per heavy atom. The van der Waals surface area contributed by atoms with Crippen LogP contribution in [0, 0.1) is 6.92 Å². The van der Waals surface area contributed by atoms with Gasteiger partial charge in [-0.25, -0.2) is 0 Å². The SMILES string of the molecule is Cc1c(Cl)cccc1NC(=O)c1noc(C2CCCN2)n1. The van der Waals surface area contributed by atoms with Crippen molar-refractivity contribution in [2.45, 2.75) is 25.8 Å². The maximum absolute atomic E-state index is 12.1. The van der Waals surface area contributed by atoms with E-state index in [4.69, 9.17) is 16.1 Å². The molecule has 1 saturated heterocycles. The smallest absolute Gasteiger partial charge is 0.297 e. The molecule has 0 aliphatic carbocycles. The van der Waals surface area contributed by atoms with Gasteiger partial charge in [0.25, 0.3) is 11.7 Å². The van der Waals surface area contributed by atoms with Gasteiger partial charge in [-0.2, -0.15) is 4.98 Å². The molecule has 0 spiro atoms. The second-order valence-electron chi connectivity index (χ2n) is 4.97. The molecule has 2 N–H and O–H groups in total. The van der Waals surface area contributed by atoms with Crippen LogP contribution in [-0.4, -0.2) is 22.6 Å². The van der Waals surface area contributed by atoms with Crippen molar-refractivity contribution in [1.82, 2.24) is 15.5 Å². The van der Waals surface area contributed by atoms with E-state index in [9.17, 15) is 4.79 Å². The fourth-order valence-electron chi connectivity index (χ4n) is 2.29. The van der Waals surface area contributed by atoms with E-state index in [-0.39, 0.29) is 11.9 Å². The third-order valence-corrected chi connectivity index (χ3v) is 3.93. The molecule has 1 atom stereocenters. The molecule has 3 rings (SSSR count). The van der Waals surface area contributed by atoms with Gasteiger partial charge in [0.15, 0.2) is 0 Å². The molecule has 1 aromatic carbocycles. The summed E-state index contributed by atoms with van der Waals surface area (Å²) in [5, 5.41) is 10.3. The fourth-order valence-corrected chi connectivity index (χ4v) is 2.46. The van der Waals surface area contributed by atoms with Crippen LogP contribution in [0.15, 0.2) is 22.7 Å². The largest absolute Gasteiger partial charge is 0.337 e. The number of hydrogen-bond acceptors (Lipinski definition) is 5. The summed E-state index contributed by atoms with van der Waals surface area (Å²) in [5.74, 6) is 0.0758. The molecule has 2 heterocycles. The van der Waals surface area contributed by atoms with E-state index < -0.39 is 5.91 Å². The number of benzene rings is 1. The monoisotopic (exact) mass is 306 g/mol. The zero-order valence-electron chi connectivity index (χ0n) is 11.5. The minimum Gasteiger partial charge on any atom is -0.337 e. The predicted molar refractivity (Wildman–Crippen MR) is 78.4 cm³/mol. The lowest BCUT2D eigenvalue weighted by molar-refractivity contribution is 0.101. The van der Waals surface area contributed by atoms with Gasteiger partial charge in [0.2, 0.25) is 5.89 Å². The van der Waals surface area contributed by atoms with E-state index in [0.29, 0.717) is 16.6 Å². The number of aromatic nitrogens is 2. The van der Waals surface area contributed by atoms with Crippen LogP contribution in [0.1, 0.15) is 41.0 Å². The van der Waals surface area contributed by atoms with Crippen LogP contribution >= 0.6 is 11.6 Å². The van der Waals surface area contributed by atoms with E-state index in [2.05, 4.69) is 20.8 Å². The lowest BCUT2D eigenvalue weighted by Crippen LogP contribution is -2.16. The van der Waals surface area contributed by atoms with Gasteiger partial charge >= 0.3 is 0 Å². The lowest BCUT2D eigenvalue weighted by atomic mass is 10.2. The highest BCUT2D eigenvalue weighted by Gasteiger charge is 2.24. The number of rotatable bonds is 3. The Kier molecular flexibility index (Phi) is 3.90. The summed E-state index contributed by atoms with van der Waals surface area (Å²) >= 11 is 6.02. The zero-order chi connectivity index (χ0) is 14.8. The molecule has 6 nitrogen and oxygen atoms in total. The van der Waals surface area contributed by atoms with Crippen LogP contribution in [0.25, 0.3) is 0 Å². The number of halogens is 1. The highest BCUT2D eigenvalue weighted by Crippen LogP contribution is 2.24. The van der Waals surface area contributed by atoms with Crippen LogP contribution < -0.4 is 10.6 Å². The summed E-state index contributed by atoms with van der Waals surface area (Å²) < 4.78 is 5.15. The third kappa shape index (κ3) is 2.91. The second-order valence-corrected chi connectivity index (χ2v) is 5.38. The Bertz CT molecular complexity index is 665. The van der Waals surface area contributed by atoms with Crippen molar-refractivity contribution in [3.63, 3.8) is 0 Å². The molecule has 1 aliphatic heterocycles. The first kappa shape index (κ1) is 14.0. The Hall–Kier alpha value is -1.92. The number of amides is 1. The molecule has 21 heavy (non-hydrogen) atoms. The number of hydrogen-bond donors (Lipinski definition) is 2. The fraction of sp³-hybridized carbons (Fsp3) is 0.357. The average Bonchev–Trinajstić information content (AvgIpc) is 3.13. The molecule has 1 aliphatic rings. The number of carbonyl (C=O) groups is 1. The molecule has 0 radical (unpaired) electrons. The van der Waals surface area contributed by atoms with Gasteiger partial charge in [0.1, 0.15) is 0 Å². The van der Waals surface area contributed by atoms with E-state index in [1.807, 2.05) is 6.92 Å². The normalized spacial score (nSPS) is 17.9. The Morgan fingerprint density at radius 2 is 2.38 bits per heavy atom. The van der Waals surface area contributed by atoms with Crippen LogP contribution in [0.4, 0.5) is 5.69 Å². The van der Waals surface area contributed by atoms with Crippen LogP contribution in [-0.2, 0) is 0 Å². The molecule has 2 aromatic rings. The van der Waals surface area contributed by atoms with E-state index in [1.165, 1.54) is 0 Å². The number of anilines is 1. The van der Waals surface area contributed by atoms with Gasteiger partial charge < -0.3 is 15.2 Å². The Morgan fingerprint density at radius 3 is 3.14 bits per heavy atom. The topological polar surface area (TPSA) is 80.0 Å². The zero-order valence-corrected chi connectivity index (χ0v) is 12.3. The molecule has 1 fully saturated rings. The summed E-state index contributed by atoms with van der Waals surface area (Å²) in [7, 11) is 0. The Labute approximate surface area is 126 Å². The van der Waals surface area contributed by atoms with Crippen LogP contribution in [0.3, 0.4) is 0 Å². The van der Waals surface area contributed by atoms with Gasteiger partial charge in [0, 0.05) is 10.7 Å². The van der Waals surface area contributed by atoms with Gasteiger partial charge in [-0.05, 0) is 44.0 Å². The van der Waals surface area contributed by atoms with Crippen molar-refractivity contribution in [2.75, 3.05) is 11.9 Å². The minimum absolute atomic E-state index is 0.0260. The summed E-state index contributed by atoms with van der Waals surface area (Å²) in [5.41, 5.74) is 1.44. The number of nitrogens with one attached hydrogen (secondary N) is 2. The summed E-state index contributed by atoms with van der Waals surface area (Å²) in [6.45, 7) is 2.76. The molecular weight excluding hydrogens is 292 g/mol. The summed E-state index contributed by atoms with van der Waals surface area (Å²) in [6.07, 6.45) is 2.01. The first-order valence-corrected chi connectivity index (χ1v) is 7.16. The van der Waals surface area contributed by atoms with Crippen molar-refractivity contribution < 1.29 is 9.32 Å². The third-order valence-electron chi connectivity index (χ3n) is 3.52. The van der Waals surface area contributed by atoms with Crippen LogP contribution in [0.2, 0.25) is 5.02 Å². The van der Waals surface area contributed by atoms with Crippen molar-refractivity contribution in [2.24, 2.45) is 0 Å². The Balaban J connectivity index is 1.75. The van der Waals surface area contributed by atoms with E-state index in [0.717, 1.165) is 24.9 Å². The quantitative estimate of drug-likeness (QED) is 0.911. The number of carbonyl (C=O) groups excluding carboxylic acids is 1. The molecule has 0 saturated carbocycles. The minimum atomic E-state index is -0.409. The molecule has 1 aromatic heterocycles. The first-order valence-electron chi connectivity index (χ1n) is 6.78. The second kappa shape index (κ2) is 5.83. The molecule has 110 valence electrons. The van der Waals surface area contributed by atoms with Gasteiger partial charge in [-0.15, -0.1) is 0 Å². The predicted octanol–water partition coefficient (Wildman–Crippen LogP) is 2.71. The van der Waals surface area contributed by atoms with E-state index in [1.54, 1.807) is 18.2 Å². The maximum Gasteiger partial charge on any atom is 0.297 e. The molecule has 0 bridgehead atoms. The molecule has 7 heteroatoms. The molecule has 1 unspecified atom stereocenters. The van der Waals surface area contributed by atoms with Gasteiger partial charge in [0.05, 0.1) is 6.04 Å². The number of nitrogens with zero attached hydrogens (tertiary/aromatic N) is 2.